The molecule has 0 aliphatic heterocycles. The molecule has 0 fully saturated rings. The highest BCUT2D eigenvalue weighted by Gasteiger charge is 2.10. The second-order valence-corrected chi connectivity index (χ2v) is 3.77. The SMILES string of the molecule is N#Cc1cc(COc2c(F)cccc2F)ccc1F. The fourth-order valence-corrected chi connectivity index (χ4v) is 1.52. The summed E-state index contributed by atoms with van der Waals surface area (Å²) in [6.45, 7) is -0.160. The summed E-state index contributed by atoms with van der Waals surface area (Å²) in [4.78, 5) is 0. The van der Waals surface area contributed by atoms with Crippen LogP contribution in [0.15, 0.2) is 36.4 Å². The van der Waals surface area contributed by atoms with Crippen molar-refractivity contribution in [1.29, 1.82) is 5.26 Å². The van der Waals surface area contributed by atoms with Crippen molar-refractivity contribution in [3.05, 3.63) is 65.0 Å². The zero-order valence-electron chi connectivity index (χ0n) is 9.66. The van der Waals surface area contributed by atoms with E-state index in [0.29, 0.717) is 5.56 Å². The van der Waals surface area contributed by atoms with Gasteiger partial charge in [-0.2, -0.15) is 5.26 Å². The van der Waals surface area contributed by atoms with E-state index in [2.05, 4.69) is 0 Å². The van der Waals surface area contributed by atoms with Gasteiger partial charge >= 0.3 is 0 Å². The maximum absolute atomic E-state index is 13.3. The van der Waals surface area contributed by atoms with Gasteiger partial charge in [-0.15, -0.1) is 0 Å². The Morgan fingerprint density at radius 2 is 1.68 bits per heavy atom. The summed E-state index contributed by atoms with van der Waals surface area (Å²) in [5.74, 6) is -2.78. The van der Waals surface area contributed by atoms with Crippen LogP contribution in [0, 0.1) is 28.8 Å². The highest BCUT2D eigenvalue weighted by molar-refractivity contribution is 5.34. The lowest BCUT2D eigenvalue weighted by Crippen LogP contribution is -2.00. The molecule has 2 aromatic carbocycles. The van der Waals surface area contributed by atoms with Gasteiger partial charge in [-0.1, -0.05) is 12.1 Å². The van der Waals surface area contributed by atoms with Crippen LogP contribution in [-0.2, 0) is 6.61 Å². The molecule has 0 bridgehead atoms. The Hall–Kier alpha value is -2.48. The number of halogens is 3. The molecule has 19 heavy (non-hydrogen) atoms. The fraction of sp³-hybridized carbons (Fsp3) is 0.0714. The van der Waals surface area contributed by atoms with E-state index >= 15 is 0 Å². The van der Waals surface area contributed by atoms with Gasteiger partial charge in [0.25, 0.3) is 0 Å². The second kappa shape index (κ2) is 5.44. The van der Waals surface area contributed by atoms with Crippen molar-refractivity contribution < 1.29 is 17.9 Å². The molecule has 0 spiro atoms. The molecule has 0 unspecified atom stereocenters. The first-order valence-electron chi connectivity index (χ1n) is 5.37. The van der Waals surface area contributed by atoms with Crippen LogP contribution >= 0.6 is 0 Å². The molecule has 0 saturated heterocycles. The molecule has 0 N–H and O–H groups in total. The first-order valence-corrected chi connectivity index (χ1v) is 5.37. The third-order valence-electron chi connectivity index (χ3n) is 2.45. The quantitative estimate of drug-likeness (QED) is 0.848. The molecule has 0 aliphatic rings. The standard InChI is InChI=1S/C14H8F3NO/c15-11-5-4-9(6-10(11)7-18)8-19-14-12(16)2-1-3-13(14)17/h1-6H,8H2. The monoisotopic (exact) mass is 263 g/mol. The molecule has 2 nitrogen and oxygen atoms in total. The summed E-state index contributed by atoms with van der Waals surface area (Å²) in [5.41, 5.74) is 0.302. The zero-order chi connectivity index (χ0) is 13.8. The van der Waals surface area contributed by atoms with Gasteiger partial charge in [0.1, 0.15) is 18.5 Å². The third-order valence-corrected chi connectivity index (χ3v) is 2.45. The minimum absolute atomic E-state index is 0.143. The predicted octanol–water partition coefficient (Wildman–Crippen LogP) is 3.55. The fourth-order valence-electron chi connectivity index (χ4n) is 1.52. The number of hydrogen-bond donors (Lipinski definition) is 0. The molecule has 0 radical (unpaired) electrons. The summed E-state index contributed by atoms with van der Waals surface area (Å²) in [6.07, 6.45) is 0. The molecule has 5 heteroatoms. The Morgan fingerprint density at radius 1 is 1.00 bits per heavy atom. The summed E-state index contributed by atoms with van der Waals surface area (Å²) in [7, 11) is 0. The maximum atomic E-state index is 13.3. The van der Waals surface area contributed by atoms with Gasteiger partial charge in [-0.25, -0.2) is 13.2 Å². The molecule has 0 amide bonds. The van der Waals surface area contributed by atoms with Crippen LogP contribution in [0.1, 0.15) is 11.1 Å². The van der Waals surface area contributed by atoms with Crippen LogP contribution in [0.5, 0.6) is 5.75 Å². The number of nitrogens with zero attached hydrogens (tertiary/aromatic N) is 1. The van der Waals surface area contributed by atoms with Crippen molar-refractivity contribution in [3.8, 4) is 11.8 Å². The normalized spacial score (nSPS) is 10.0. The van der Waals surface area contributed by atoms with Crippen LogP contribution in [0.4, 0.5) is 13.2 Å². The summed E-state index contributed by atoms with van der Waals surface area (Å²) in [6, 6.07) is 8.81. The van der Waals surface area contributed by atoms with Crippen molar-refractivity contribution >= 4 is 0 Å². The molecule has 0 aromatic heterocycles. The molecule has 2 aromatic rings. The highest BCUT2D eigenvalue weighted by Crippen LogP contribution is 2.22. The maximum Gasteiger partial charge on any atom is 0.191 e. The number of hydrogen-bond acceptors (Lipinski definition) is 2. The highest BCUT2D eigenvalue weighted by atomic mass is 19.1. The van der Waals surface area contributed by atoms with Crippen LogP contribution in [0.3, 0.4) is 0 Å². The van der Waals surface area contributed by atoms with Gasteiger partial charge < -0.3 is 4.74 Å². The Kier molecular flexibility index (Phi) is 3.71. The van der Waals surface area contributed by atoms with E-state index in [0.717, 1.165) is 18.2 Å². The summed E-state index contributed by atoms with van der Waals surface area (Å²) >= 11 is 0. The van der Waals surface area contributed by atoms with E-state index in [1.54, 1.807) is 6.07 Å². The second-order valence-electron chi connectivity index (χ2n) is 3.77. The van der Waals surface area contributed by atoms with Crippen LogP contribution in [0.2, 0.25) is 0 Å². The van der Waals surface area contributed by atoms with E-state index in [4.69, 9.17) is 10.00 Å². The molecule has 0 aliphatic carbocycles. The van der Waals surface area contributed by atoms with E-state index in [9.17, 15) is 13.2 Å². The third kappa shape index (κ3) is 2.86. The Bertz CT molecular complexity index is 629. The first-order chi connectivity index (χ1) is 9.11. The largest absolute Gasteiger partial charge is 0.483 e. The van der Waals surface area contributed by atoms with Crippen molar-refractivity contribution in [2.75, 3.05) is 0 Å². The van der Waals surface area contributed by atoms with E-state index in [-0.39, 0.29) is 12.2 Å². The van der Waals surface area contributed by atoms with Crippen molar-refractivity contribution in [1.82, 2.24) is 0 Å². The number of para-hydroxylation sites is 1. The van der Waals surface area contributed by atoms with Crippen LogP contribution < -0.4 is 4.74 Å². The molecule has 0 atom stereocenters. The number of ether oxygens (including phenoxy) is 1. The summed E-state index contributed by atoms with van der Waals surface area (Å²) in [5, 5.41) is 8.67. The topological polar surface area (TPSA) is 33.0 Å². The number of rotatable bonds is 3. The molecule has 96 valence electrons. The smallest absolute Gasteiger partial charge is 0.191 e. The van der Waals surface area contributed by atoms with Gasteiger partial charge in [0.05, 0.1) is 5.56 Å². The van der Waals surface area contributed by atoms with Gasteiger partial charge in [0.15, 0.2) is 17.4 Å². The van der Waals surface area contributed by atoms with Crippen molar-refractivity contribution in [3.63, 3.8) is 0 Å². The number of benzene rings is 2. The van der Waals surface area contributed by atoms with Gasteiger partial charge in [-0.05, 0) is 29.8 Å². The lowest BCUT2D eigenvalue weighted by molar-refractivity contribution is 0.274. The summed E-state index contributed by atoms with van der Waals surface area (Å²) < 4.78 is 44.7. The van der Waals surface area contributed by atoms with E-state index < -0.39 is 23.2 Å². The Balaban J connectivity index is 2.17. The predicted molar refractivity (Wildman–Crippen MR) is 61.8 cm³/mol. The van der Waals surface area contributed by atoms with E-state index in [1.807, 2.05) is 0 Å². The van der Waals surface area contributed by atoms with Crippen molar-refractivity contribution in [2.24, 2.45) is 0 Å². The first kappa shape index (κ1) is 13.0. The van der Waals surface area contributed by atoms with Crippen LogP contribution in [-0.4, -0.2) is 0 Å². The minimum atomic E-state index is -0.817. The van der Waals surface area contributed by atoms with Crippen LogP contribution in [0.25, 0.3) is 0 Å². The molecule has 0 heterocycles. The average molecular weight is 263 g/mol. The molecule has 0 saturated carbocycles. The number of nitriles is 1. The van der Waals surface area contributed by atoms with Gasteiger partial charge in [0, 0.05) is 0 Å². The lowest BCUT2D eigenvalue weighted by Gasteiger charge is -2.08. The zero-order valence-corrected chi connectivity index (χ0v) is 9.66. The van der Waals surface area contributed by atoms with Gasteiger partial charge in [0.2, 0.25) is 0 Å². The van der Waals surface area contributed by atoms with Crippen molar-refractivity contribution in [2.45, 2.75) is 6.61 Å². The Labute approximate surface area is 107 Å². The average Bonchev–Trinajstić information content (AvgIpc) is 2.40. The Morgan fingerprint density at radius 3 is 2.32 bits per heavy atom. The van der Waals surface area contributed by atoms with E-state index in [1.165, 1.54) is 18.2 Å². The molecular formula is C14H8F3NO. The molecular weight excluding hydrogens is 255 g/mol. The lowest BCUT2D eigenvalue weighted by atomic mass is 10.1. The van der Waals surface area contributed by atoms with Gasteiger partial charge in [-0.3, -0.25) is 0 Å². The molecule has 2 rings (SSSR count). The minimum Gasteiger partial charge on any atom is -0.483 e.